The molecule has 0 spiro atoms. The number of imidazole rings is 1. The molecule has 1 unspecified atom stereocenters. The molecule has 3 rings (SSSR count). The minimum atomic E-state index is -1.55. The third kappa shape index (κ3) is 3.33. The summed E-state index contributed by atoms with van der Waals surface area (Å²) in [7, 11) is 6.64. The van der Waals surface area contributed by atoms with Crippen LogP contribution in [-0.2, 0) is 15.9 Å². The molecule has 26 heavy (non-hydrogen) atoms. The monoisotopic (exact) mass is 373 g/mol. The number of hydrogen-bond donors (Lipinski definition) is 1. The van der Waals surface area contributed by atoms with Crippen LogP contribution in [-0.4, -0.2) is 48.8 Å². The molecule has 0 aliphatic rings. The lowest BCUT2D eigenvalue weighted by Gasteiger charge is -2.18. The lowest BCUT2D eigenvalue weighted by Crippen LogP contribution is -2.15. The molecular weight excluding hydrogens is 354 g/mol. The maximum Gasteiger partial charge on any atom is 0.337 e. The van der Waals surface area contributed by atoms with Crippen molar-refractivity contribution >= 4 is 33.9 Å². The number of methoxy groups -OCH3 is 2. The van der Waals surface area contributed by atoms with Gasteiger partial charge in [-0.05, 0) is 30.3 Å². The third-order valence-corrected chi connectivity index (χ3v) is 5.18. The smallest absolute Gasteiger partial charge is 0.337 e. The molecule has 0 radical (unpaired) electrons. The molecule has 1 atom stereocenters. The molecule has 8 heteroatoms. The number of hydrogen-bond acceptors (Lipinski definition) is 6. The Morgan fingerprint density at radius 2 is 1.96 bits per heavy atom. The number of nitrogens with zero attached hydrogens (tertiary/aromatic N) is 2. The highest BCUT2D eigenvalue weighted by Crippen LogP contribution is 2.32. The number of anilines is 1. The van der Waals surface area contributed by atoms with Gasteiger partial charge in [0.15, 0.2) is 4.90 Å². The molecule has 1 aromatic heterocycles. The van der Waals surface area contributed by atoms with E-state index in [1.165, 1.54) is 7.11 Å². The Balaban J connectivity index is 2.04. The minimum absolute atomic E-state index is 0.304. The van der Waals surface area contributed by atoms with Gasteiger partial charge in [-0.2, -0.15) is 4.98 Å². The van der Waals surface area contributed by atoms with E-state index in [2.05, 4.69) is 9.97 Å². The van der Waals surface area contributed by atoms with Crippen LogP contribution in [0.4, 0.5) is 5.69 Å². The van der Waals surface area contributed by atoms with Crippen molar-refractivity contribution in [3.05, 3.63) is 42.0 Å². The molecule has 7 nitrogen and oxygen atoms in total. The fraction of sp³-hybridized carbons (Fsp3) is 0.222. The van der Waals surface area contributed by atoms with Crippen LogP contribution >= 0.6 is 0 Å². The van der Waals surface area contributed by atoms with Crippen molar-refractivity contribution in [3.8, 4) is 5.75 Å². The van der Waals surface area contributed by atoms with Crippen molar-refractivity contribution in [2.45, 2.75) is 10.1 Å². The largest absolute Gasteiger partial charge is 0.604 e. The fourth-order valence-corrected chi connectivity index (χ4v) is 3.81. The average molecular weight is 373 g/mol. The van der Waals surface area contributed by atoms with Crippen molar-refractivity contribution in [1.82, 2.24) is 9.97 Å². The highest BCUT2D eigenvalue weighted by Gasteiger charge is 2.25. The van der Waals surface area contributed by atoms with Crippen LogP contribution in [0.25, 0.3) is 11.0 Å². The molecule has 0 aliphatic carbocycles. The SMILES string of the molecule is COC(=O)c1ccc2[nH]c([S+]([O-])c3cc(OC)ccc3N(C)C)nc2c1. The quantitative estimate of drug-likeness (QED) is 0.546. The molecule has 0 amide bonds. The summed E-state index contributed by atoms with van der Waals surface area (Å²) < 4.78 is 23.1. The van der Waals surface area contributed by atoms with Crippen molar-refractivity contribution in [1.29, 1.82) is 0 Å². The van der Waals surface area contributed by atoms with Crippen molar-refractivity contribution < 1.29 is 18.8 Å². The number of aromatic amines is 1. The number of aromatic nitrogens is 2. The van der Waals surface area contributed by atoms with E-state index in [1.807, 2.05) is 31.1 Å². The van der Waals surface area contributed by atoms with Crippen LogP contribution in [0.2, 0.25) is 0 Å². The Morgan fingerprint density at radius 1 is 1.19 bits per heavy atom. The van der Waals surface area contributed by atoms with Gasteiger partial charge in [0.05, 0.1) is 47.7 Å². The molecule has 0 fully saturated rings. The first-order valence-corrected chi connectivity index (χ1v) is 8.94. The number of H-pyrrole nitrogens is 1. The van der Waals surface area contributed by atoms with Crippen LogP contribution in [0.1, 0.15) is 10.4 Å². The maximum atomic E-state index is 13.1. The van der Waals surface area contributed by atoms with E-state index in [0.717, 1.165) is 5.69 Å². The molecular formula is C18H19N3O4S. The number of ether oxygens (including phenoxy) is 2. The number of benzene rings is 2. The van der Waals surface area contributed by atoms with Crippen LogP contribution < -0.4 is 9.64 Å². The zero-order chi connectivity index (χ0) is 18.8. The molecule has 1 heterocycles. The molecule has 0 saturated carbocycles. The molecule has 1 N–H and O–H groups in total. The van der Waals surface area contributed by atoms with E-state index in [9.17, 15) is 9.35 Å². The zero-order valence-corrected chi connectivity index (χ0v) is 15.7. The van der Waals surface area contributed by atoms with E-state index < -0.39 is 17.1 Å². The molecule has 0 aliphatic heterocycles. The summed E-state index contributed by atoms with van der Waals surface area (Å²) in [5.74, 6) is 0.170. The number of carbonyl (C=O) groups is 1. The standard InChI is InChI=1S/C18H19N3O4S/c1-21(2)15-8-6-12(24-3)10-16(15)26(23)18-19-13-7-5-11(17(22)25-4)9-14(13)20-18/h5-10H,1-4H3,(H,19,20). The average Bonchev–Trinajstić information content (AvgIpc) is 3.09. The van der Waals surface area contributed by atoms with Crippen LogP contribution in [0.5, 0.6) is 5.75 Å². The first kappa shape index (κ1) is 18.1. The van der Waals surface area contributed by atoms with E-state index in [0.29, 0.717) is 32.4 Å². The predicted octanol–water partition coefficient (Wildman–Crippen LogP) is 2.59. The number of carbonyl (C=O) groups excluding carboxylic acids is 1. The van der Waals surface area contributed by atoms with Gasteiger partial charge in [0.1, 0.15) is 5.75 Å². The summed E-state index contributed by atoms with van der Waals surface area (Å²) in [6.07, 6.45) is 0. The second kappa shape index (κ2) is 7.27. The zero-order valence-electron chi connectivity index (χ0n) is 14.9. The van der Waals surface area contributed by atoms with Gasteiger partial charge >= 0.3 is 11.1 Å². The predicted molar refractivity (Wildman–Crippen MR) is 99.4 cm³/mol. The number of nitrogens with one attached hydrogen (secondary N) is 1. The number of esters is 1. The van der Waals surface area contributed by atoms with Gasteiger partial charge < -0.3 is 18.9 Å². The molecule has 0 bridgehead atoms. The number of fused-ring (bicyclic) bond motifs is 1. The third-order valence-electron chi connectivity index (χ3n) is 3.91. The van der Waals surface area contributed by atoms with Gasteiger partial charge in [0.2, 0.25) is 0 Å². The maximum absolute atomic E-state index is 13.1. The van der Waals surface area contributed by atoms with Crippen LogP contribution in [0, 0.1) is 0 Å². The number of rotatable bonds is 5. The minimum Gasteiger partial charge on any atom is -0.604 e. The highest BCUT2D eigenvalue weighted by molar-refractivity contribution is 7.91. The Labute approximate surface area is 154 Å². The second-order valence-electron chi connectivity index (χ2n) is 5.76. The Hall–Kier alpha value is -2.71. The van der Waals surface area contributed by atoms with Gasteiger partial charge in [0.25, 0.3) is 0 Å². The topological polar surface area (TPSA) is 90.5 Å². The first-order chi connectivity index (χ1) is 12.4. The fourth-order valence-electron chi connectivity index (χ4n) is 2.56. The lowest BCUT2D eigenvalue weighted by atomic mass is 10.2. The van der Waals surface area contributed by atoms with Crippen molar-refractivity contribution in [3.63, 3.8) is 0 Å². The molecule has 2 aromatic carbocycles. The van der Waals surface area contributed by atoms with E-state index in [4.69, 9.17) is 9.47 Å². The summed E-state index contributed by atoms with van der Waals surface area (Å²) >= 11 is -1.55. The summed E-state index contributed by atoms with van der Waals surface area (Å²) in [4.78, 5) is 21.6. The van der Waals surface area contributed by atoms with Crippen LogP contribution in [0.3, 0.4) is 0 Å². The normalized spacial score (nSPS) is 12.0. The van der Waals surface area contributed by atoms with Crippen molar-refractivity contribution in [2.24, 2.45) is 0 Å². The highest BCUT2D eigenvalue weighted by atomic mass is 32.2. The first-order valence-electron chi connectivity index (χ1n) is 7.80. The Morgan fingerprint density at radius 3 is 2.62 bits per heavy atom. The van der Waals surface area contributed by atoms with E-state index in [1.54, 1.807) is 31.4 Å². The van der Waals surface area contributed by atoms with E-state index in [-0.39, 0.29) is 0 Å². The van der Waals surface area contributed by atoms with Gasteiger partial charge in [0, 0.05) is 20.2 Å². The van der Waals surface area contributed by atoms with Gasteiger partial charge in [-0.3, -0.25) is 4.98 Å². The summed E-state index contributed by atoms with van der Waals surface area (Å²) in [6, 6.07) is 10.4. The molecule has 3 aromatic rings. The van der Waals surface area contributed by atoms with Gasteiger partial charge in [-0.1, -0.05) is 0 Å². The lowest BCUT2D eigenvalue weighted by molar-refractivity contribution is 0.0601. The molecule has 136 valence electrons. The van der Waals surface area contributed by atoms with Crippen LogP contribution in [0.15, 0.2) is 46.5 Å². The molecule has 0 saturated heterocycles. The summed E-state index contributed by atoms with van der Waals surface area (Å²) in [5, 5.41) is 0.304. The van der Waals surface area contributed by atoms with Gasteiger partial charge in [-0.25, -0.2) is 4.79 Å². The second-order valence-corrected chi connectivity index (χ2v) is 7.13. The van der Waals surface area contributed by atoms with Gasteiger partial charge in [-0.15, -0.1) is 0 Å². The Bertz CT molecular complexity index is 955. The van der Waals surface area contributed by atoms with E-state index >= 15 is 0 Å². The Kier molecular flexibility index (Phi) is 5.06. The van der Waals surface area contributed by atoms with Crippen molar-refractivity contribution in [2.75, 3.05) is 33.2 Å². The summed E-state index contributed by atoms with van der Waals surface area (Å²) in [6.45, 7) is 0. The summed E-state index contributed by atoms with van der Waals surface area (Å²) in [5.41, 5.74) is 2.43.